The number of benzene rings is 1. The van der Waals surface area contributed by atoms with E-state index in [1.165, 1.54) is 0 Å². The second kappa shape index (κ2) is 3.88. The number of aliphatic hydroxyl groups is 1. The van der Waals surface area contributed by atoms with Crippen LogP contribution in [0.1, 0.15) is 19.3 Å². The zero-order valence-electron chi connectivity index (χ0n) is 8.11. The van der Waals surface area contributed by atoms with Crippen LogP contribution < -0.4 is 11.1 Å². The molecule has 0 aromatic heterocycles. The van der Waals surface area contributed by atoms with E-state index in [1.807, 2.05) is 24.3 Å². The average Bonchev–Trinajstić information content (AvgIpc) is 2.56. The van der Waals surface area contributed by atoms with Gasteiger partial charge in [-0.2, -0.15) is 0 Å². The molecule has 2 atom stereocenters. The molecule has 0 heterocycles. The molecule has 0 amide bonds. The van der Waals surface area contributed by atoms with Gasteiger partial charge in [0.1, 0.15) is 0 Å². The standard InChI is InChI=1S/C11H16N2O/c12-8-4-6-9(7-5-8)13-10-2-1-3-11(10)14/h4-7,10-11,13-14H,1-3,12H2. The summed E-state index contributed by atoms with van der Waals surface area (Å²) in [5, 5.41) is 12.9. The number of nitrogens with two attached hydrogens (primary N) is 1. The van der Waals surface area contributed by atoms with Crippen molar-refractivity contribution >= 4 is 11.4 Å². The van der Waals surface area contributed by atoms with Gasteiger partial charge in [-0.3, -0.25) is 0 Å². The van der Waals surface area contributed by atoms with Crippen LogP contribution in [0.25, 0.3) is 0 Å². The highest BCUT2D eigenvalue weighted by molar-refractivity contribution is 5.51. The van der Waals surface area contributed by atoms with Crippen LogP contribution in [0.15, 0.2) is 24.3 Å². The van der Waals surface area contributed by atoms with Crippen molar-refractivity contribution in [3.05, 3.63) is 24.3 Å². The van der Waals surface area contributed by atoms with E-state index >= 15 is 0 Å². The van der Waals surface area contributed by atoms with Gasteiger partial charge in [-0.25, -0.2) is 0 Å². The molecule has 0 saturated heterocycles. The Labute approximate surface area is 83.9 Å². The molecule has 1 aromatic rings. The third-order valence-corrected chi connectivity index (χ3v) is 2.74. The van der Waals surface area contributed by atoms with Gasteiger partial charge in [0.15, 0.2) is 0 Å². The van der Waals surface area contributed by atoms with Gasteiger partial charge < -0.3 is 16.2 Å². The van der Waals surface area contributed by atoms with E-state index in [0.29, 0.717) is 0 Å². The molecule has 3 heteroatoms. The number of nitrogens with one attached hydrogen (secondary N) is 1. The van der Waals surface area contributed by atoms with Gasteiger partial charge >= 0.3 is 0 Å². The van der Waals surface area contributed by atoms with Crippen molar-refractivity contribution in [3.63, 3.8) is 0 Å². The van der Waals surface area contributed by atoms with Gasteiger partial charge in [0.25, 0.3) is 0 Å². The largest absolute Gasteiger partial charge is 0.399 e. The highest BCUT2D eigenvalue weighted by Gasteiger charge is 2.24. The van der Waals surface area contributed by atoms with Gasteiger partial charge in [-0.1, -0.05) is 0 Å². The van der Waals surface area contributed by atoms with E-state index in [0.717, 1.165) is 30.6 Å². The van der Waals surface area contributed by atoms with Gasteiger partial charge in [-0.05, 0) is 43.5 Å². The Morgan fingerprint density at radius 1 is 1.21 bits per heavy atom. The third-order valence-electron chi connectivity index (χ3n) is 2.74. The van der Waals surface area contributed by atoms with Crippen LogP contribution in [0.3, 0.4) is 0 Å². The Balaban J connectivity index is 2.00. The average molecular weight is 192 g/mol. The Hall–Kier alpha value is -1.22. The smallest absolute Gasteiger partial charge is 0.0741 e. The number of rotatable bonds is 2. The zero-order chi connectivity index (χ0) is 9.97. The molecule has 1 aliphatic carbocycles. The van der Waals surface area contributed by atoms with Crippen LogP contribution in [0.4, 0.5) is 11.4 Å². The van der Waals surface area contributed by atoms with Crippen LogP contribution in [-0.2, 0) is 0 Å². The van der Waals surface area contributed by atoms with Crippen molar-refractivity contribution in [1.82, 2.24) is 0 Å². The molecule has 76 valence electrons. The summed E-state index contributed by atoms with van der Waals surface area (Å²) < 4.78 is 0. The number of nitrogen functional groups attached to an aromatic ring is 1. The van der Waals surface area contributed by atoms with Gasteiger partial charge in [0, 0.05) is 11.4 Å². The van der Waals surface area contributed by atoms with Gasteiger partial charge in [-0.15, -0.1) is 0 Å². The van der Waals surface area contributed by atoms with Crippen LogP contribution in [0.5, 0.6) is 0 Å². The summed E-state index contributed by atoms with van der Waals surface area (Å²) >= 11 is 0. The van der Waals surface area contributed by atoms with Crippen LogP contribution in [0.2, 0.25) is 0 Å². The first-order chi connectivity index (χ1) is 6.75. The topological polar surface area (TPSA) is 58.3 Å². The summed E-state index contributed by atoms with van der Waals surface area (Å²) in [6.07, 6.45) is 2.86. The molecule has 1 saturated carbocycles. The van der Waals surface area contributed by atoms with E-state index in [-0.39, 0.29) is 12.1 Å². The molecule has 1 aliphatic rings. The zero-order valence-corrected chi connectivity index (χ0v) is 8.11. The fourth-order valence-electron chi connectivity index (χ4n) is 1.90. The molecule has 1 aromatic carbocycles. The maximum atomic E-state index is 9.62. The molecule has 0 aliphatic heterocycles. The summed E-state index contributed by atoms with van der Waals surface area (Å²) in [7, 11) is 0. The Morgan fingerprint density at radius 2 is 1.93 bits per heavy atom. The normalized spacial score (nSPS) is 26.4. The summed E-state index contributed by atoms with van der Waals surface area (Å²) in [5.41, 5.74) is 7.38. The van der Waals surface area contributed by atoms with Crippen molar-refractivity contribution in [3.8, 4) is 0 Å². The number of anilines is 2. The van der Waals surface area contributed by atoms with E-state index in [9.17, 15) is 5.11 Å². The second-order valence-corrected chi connectivity index (χ2v) is 3.87. The fraction of sp³-hybridized carbons (Fsp3) is 0.455. The van der Waals surface area contributed by atoms with Crippen LogP contribution in [0, 0.1) is 0 Å². The van der Waals surface area contributed by atoms with Crippen LogP contribution in [-0.4, -0.2) is 17.3 Å². The predicted octanol–water partition coefficient (Wildman–Crippen LogP) is 1.59. The predicted molar refractivity (Wildman–Crippen MR) is 58.1 cm³/mol. The summed E-state index contributed by atoms with van der Waals surface area (Å²) in [6.45, 7) is 0. The minimum atomic E-state index is -0.201. The Kier molecular flexibility index (Phi) is 2.59. The maximum Gasteiger partial charge on any atom is 0.0741 e. The Bertz CT molecular complexity index is 297. The molecule has 4 N–H and O–H groups in total. The molecule has 3 nitrogen and oxygen atoms in total. The molecule has 1 fully saturated rings. The van der Waals surface area contributed by atoms with E-state index < -0.39 is 0 Å². The molecule has 0 spiro atoms. The number of aliphatic hydroxyl groups excluding tert-OH is 1. The van der Waals surface area contributed by atoms with Crippen molar-refractivity contribution in [2.45, 2.75) is 31.4 Å². The SMILES string of the molecule is Nc1ccc(NC2CCCC2O)cc1. The molecule has 0 radical (unpaired) electrons. The van der Waals surface area contributed by atoms with Crippen molar-refractivity contribution in [2.75, 3.05) is 11.1 Å². The quantitative estimate of drug-likeness (QED) is 0.624. The fourth-order valence-corrected chi connectivity index (χ4v) is 1.90. The highest BCUT2D eigenvalue weighted by Crippen LogP contribution is 2.23. The van der Waals surface area contributed by atoms with E-state index in [2.05, 4.69) is 5.32 Å². The molecule has 2 unspecified atom stereocenters. The van der Waals surface area contributed by atoms with E-state index in [4.69, 9.17) is 5.73 Å². The monoisotopic (exact) mass is 192 g/mol. The molecule has 14 heavy (non-hydrogen) atoms. The third kappa shape index (κ3) is 1.99. The minimum absolute atomic E-state index is 0.201. The van der Waals surface area contributed by atoms with Crippen molar-refractivity contribution < 1.29 is 5.11 Å². The first kappa shape index (κ1) is 9.34. The number of hydrogen-bond acceptors (Lipinski definition) is 3. The lowest BCUT2D eigenvalue weighted by Crippen LogP contribution is -2.27. The van der Waals surface area contributed by atoms with Crippen molar-refractivity contribution in [2.24, 2.45) is 0 Å². The first-order valence-corrected chi connectivity index (χ1v) is 5.06. The van der Waals surface area contributed by atoms with Gasteiger partial charge in [0.05, 0.1) is 12.1 Å². The first-order valence-electron chi connectivity index (χ1n) is 5.06. The summed E-state index contributed by atoms with van der Waals surface area (Å²) in [5.74, 6) is 0. The van der Waals surface area contributed by atoms with Gasteiger partial charge in [0.2, 0.25) is 0 Å². The molecule has 2 rings (SSSR count). The van der Waals surface area contributed by atoms with E-state index in [1.54, 1.807) is 0 Å². The molecule has 0 bridgehead atoms. The maximum absolute atomic E-state index is 9.62. The lowest BCUT2D eigenvalue weighted by atomic mass is 10.2. The number of hydrogen-bond donors (Lipinski definition) is 3. The lowest BCUT2D eigenvalue weighted by molar-refractivity contribution is 0.172. The minimum Gasteiger partial charge on any atom is -0.399 e. The molecular weight excluding hydrogens is 176 g/mol. The van der Waals surface area contributed by atoms with Crippen molar-refractivity contribution in [1.29, 1.82) is 0 Å². The lowest BCUT2D eigenvalue weighted by Gasteiger charge is -2.17. The second-order valence-electron chi connectivity index (χ2n) is 3.87. The molecular formula is C11H16N2O. The Morgan fingerprint density at radius 3 is 2.50 bits per heavy atom. The highest BCUT2D eigenvalue weighted by atomic mass is 16.3. The summed E-state index contributed by atoms with van der Waals surface area (Å²) in [6, 6.07) is 7.83. The summed E-state index contributed by atoms with van der Waals surface area (Å²) in [4.78, 5) is 0. The van der Waals surface area contributed by atoms with Crippen LogP contribution >= 0.6 is 0 Å².